The topological polar surface area (TPSA) is 97.4 Å². The van der Waals surface area contributed by atoms with Gasteiger partial charge in [0.25, 0.3) is 0 Å². The Morgan fingerprint density at radius 2 is 1.77 bits per heavy atom. The third-order valence-corrected chi connectivity index (χ3v) is 6.73. The highest BCUT2D eigenvalue weighted by Gasteiger charge is 2.39. The summed E-state index contributed by atoms with van der Waals surface area (Å²) < 4.78 is 17.5. The molecule has 2 aromatic rings. The van der Waals surface area contributed by atoms with Crippen LogP contribution in [0, 0.1) is 5.92 Å². The molecule has 1 fully saturated rings. The van der Waals surface area contributed by atoms with Crippen molar-refractivity contribution in [1.82, 2.24) is 15.1 Å². The second-order valence-electron chi connectivity index (χ2n) is 12.1. The Hall–Kier alpha value is -4.01. The number of benzene rings is 2. The Kier molecular flexibility index (Phi) is 12.5. The first-order valence-electron chi connectivity index (χ1n) is 15.1. The van der Waals surface area contributed by atoms with E-state index in [1.165, 1.54) is 4.90 Å². The molecule has 1 heterocycles. The van der Waals surface area contributed by atoms with E-state index in [0.717, 1.165) is 23.5 Å². The van der Waals surface area contributed by atoms with E-state index in [1.54, 1.807) is 25.7 Å². The van der Waals surface area contributed by atoms with Crippen molar-refractivity contribution >= 4 is 18.0 Å². The maximum absolute atomic E-state index is 14.0. The monoisotopic (exact) mass is 593 g/mol. The number of hydrogen-bond acceptors (Lipinski definition) is 6. The molecule has 1 N–H and O–H groups in total. The minimum atomic E-state index is -0.644. The SMILES string of the molecule is CCc1ccccc1OCC=C[C@@H]1C[C@H](Oc2ccccc2)CN1C(=O)N(CC(C)C)C(=O)CCNC(=O)OC(C)(C)C. The Morgan fingerprint density at radius 3 is 2.44 bits per heavy atom. The third-order valence-electron chi connectivity index (χ3n) is 6.73. The maximum atomic E-state index is 14.0. The zero-order chi connectivity index (χ0) is 31.4. The molecule has 3 rings (SSSR count). The summed E-state index contributed by atoms with van der Waals surface area (Å²) in [6.07, 6.45) is 4.46. The molecule has 234 valence electrons. The van der Waals surface area contributed by atoms with Crippen molar-refractivity contribution in [1.29, 1.82) is 0 Å². The first kappa shape index (κ1) is 33.5. The number of carbonyl (C=O) groups is 3. The number of ether oxygens (including phenoxy) is 3. The second-order valence-corrected chi connectivity index (χ2v) is 12.1. The van der Waals surface area contributed by atoms with E-state index in [9.17, 15) is 14.4 Å². The van der Waals surface area contributed by atoms with E-state index in [-0.39, 0.29) is 49.5 Å². The molecule has 0 unspecified atom stereocenters. The van der Waals surface area contributed by atoms with Gasteiger partial charge in [-0.25, -0.2) is 9.59 Å². The van der Waals surface area contributed by atoms with Crippen LogP contribution in [0.5, 0.6) is 11.5 Å². The van der Waals surface area contributed by atoms with Crippen LogP contribution < -0.4 is 14.8 Å². The van der Waals surface area contributed by atoms with E-state index in [0.29, 0.717) is 19.6 Å². The van der Waals surface area contributed by atoms with Gasteiger partial charge in [0.15, 0.2) is 0 Å². The van der Waals surface area contributed by atoms with Gasteiger partial charge in [-0.2, -0.15) is 0 Å². The number of nitrogens with zero attached hydrogens (tertiary/aromatic N) is 2. The number of amides is 4. The number of rotatable bonds is 12. The van der Waals surface area contributed by atoms with Gasteiger partial charge in [0.2, 0.25) is 5.91 Å². The lowest BCUT2D eigenvalue weighted by molar-refractivity contribution is -0.129. The molecule has 0 saturated carbocycles. The van der Waals surface area contributed by atoms with E-state index in [2.05, 4.69) is 12.2 Å². The fourth-order valence-electron chi connectivity index (χ4n) is 4.82. The lowest BCUT2D eigenvalue weighted by atomic mass is 10.1. The lowest BCUT2D eigenvalue weighted by Crippen LogP contribution is -2.50. The standard InChI is InChI=1S/C34H47N3O6/c1-7-26-14-11-12-18-30(26)41-21-13-15-27-22-29(42-28-16-9-8-10-17-28)24-36(27)33(40)37(23-25(2)3)31(38)19-20-35-32(39)43-34(4,5)6/h8-18,25,27,29H,7,19-24H2,1-6H3,(H,35,39)/t27-,29+/m1/s1. The van der Waals surface area contributed by atoms with Crippen molar-refractivity contribution in [2.75, 3.05) is 26.2 Å². The van der Waals surface area contributed by atoms with Gasteiger partial charge in [0.05, 0.1) is 12.6 Å². The van der Waals surface area contributed by atoms with Crippen LogP contribution in [-0.2, 0) is 16.0 Å². The minimum Gasteiger partial charge on any atom is -0.489 e. The number of imide groups is 1. The molecule has 1 saturated heterocycles. The summed E-state index contributed by atoms with van der Waals surface area (Å²) in [5, 5.41) is 2.61. The van der Waals surface area contributed by atoms with Crippen molar-refractivity contribution in [3.63, 3.8) is 0 Å². The number of nitrogens with one attached hydrogen (secondary N) is 1. The van der Waals surface area contributed by atoms with Crippen LogP contribution in [0.4, 0.5) is 9.59 Å². The molecule has 0 radical (unpaired) electrons. The largest absolute Gasteiger partial charge is 0.489 e. The number of alkyl carbamates (subject to hydrolysis) is 1. The Labute approximate surface area is 256 Å². The fourth-order valence-corrected chi connectivity index (χ4v) is 4.82. The molecule has 0 bridgehead atoms. The van der Waals surface area contributed by atoms with Crippen molar-refractivity contribution in [2.24, 2.45) is 5.92 Å². The molecule has 1 aliphatic heterocycles. The number of urea groups is 1. The molecule has 1 aliphatic rings. The van der Waals surface area contributed by atoms with Gasteiger partial charge in [0.1, 0.15) is 29.8 Å². The molecule has 0 spiro atoms. The normalized spacial score (nSPS) is 16.8. The number of likely N-dealkylation sites (tertiary alicyclic amines) is 1. The van der Waals surface area contributed by atoms with Crippen LogP contribution in [0.25, 0.3) is 0 Å². The highest BCUT2D eigenvalue weighted by molar-refractivity contribution is 5.95. The Bertz CT molecular complexity index is 1220. The van der Waals surface area contributed by atoms with Gasteiger partial charge >= 0.3 is 12.1 Å². The van der Waals surface area contributed by atoms with E-state index in [4.69, 9.17) is 14.2 Å². The van der Waals surface area contributed by atoms with E-state index < -0.39 is 11.7 Å². The third kappa shape index (κ3) is 11.0. The molecule has 9 nitrogen and oxygen atoms in total. The zero-order valence-corrected chi connectivity index (χ0v) is 26.4. The van der Waals surface area contributed by atoms with Crippen LogP contribution in [0.15, 0.2) is 66.7 Å². The Morgan fingerprint density at radius 1 is 1.07 bits per heavy atom. The number of aryl methyl sites for hydroxylation is 1. The lowest BCUT2D eigenvalue weighted by Gasteiger charge is -2.30. The first-order valence-corrected chi connectivity index (χ1v) is 15.1. The van der Waals surface area contributed by atoms with Crippen molar-refractivity contribution < 1.29 is 28.6 Å². The van der Waals surface area contributed by atoms with Gasteiger partial charge in [-0.05, 0) is 62.9 Å². The molecule has 0 aliphatic carbocycles. The zero-order valence-electron chi connectivity index (χ0n) is 26.4. The summed E-state index contributed by atoms with van der Waals surface area (Å²) in [5.74, 6) is 1.27. The van der Waals surface area contributed by atoms with Crippen molar-refractivity contribution in [3.8, 4) is 11.5 Å². The molecule has 43 heavy (non-hydrogen) atoms. The first-order chi connectivity index (χ1) is 20.5. The van der Waals surface area contributed by atoms with Crippen LogP contribution in [0.3, 0.4) is 0 Å². The molecule has 2 aromatic carbocycles. The fraction of sp³-hybridized carbons (Fsp3) is 0.500. The number of hydrogen-bond donors (Lipinski definition) is 1. The van der Waals surface area contributed by atoms with E-state index in [1.807, 2.05) is 80.6 Å². The summed E-state index contributed by atoms with van der Waals surface area (Å²) in [5.41, 5.74) is 0.489. The Balaban J connectivity index is 1.72. The number of carbonyl (C=O) groups excluding carboxylic acids is 3. The smallest absolute Gasteiger partial charge is 0.407 e. The molecule has 0 aromatic heterocycles. The second kappa shape index (κ2) is 16.0. The summed E-state index contributed by atoms with van der Waals surface area (Å²) >= 11 is 0. The summed E-state index contributed by atoms with van der Waals surface area (Å²) in [6, 6.07) is 16.8. The van der Waals surface area contributed by atoms with Crippen LogP contribution >= 0.6 is 0 Å². The van der Waals surface area contributed by atoms with Crippen LogP contribution in [0.2, 0.25) is 0 Å². The minimum absolute atomic E-state index is 0.0271. The van der Waals surface area contributed by atoms with Crippen LogP contribution in [0.1, 0.15) is 59.9 Å². The van der Waals surface area contributed by atoms with E-state index >= 15 is 0 Å². The number of para-hydroxylation sites is 2. The van der Waals surface area contributed by atoms with Crippen molar-refractivity contribution in [2.45, 2.75) is 78.6 Å². The van der Waals surface area contributed by atoms with Gasteiger partial charge in [0, 0.05) is 25.9 Å². The average molecular weight is 594 g/mol. The average Bonchev–Trinajstić information content (AvgIpc) is 3.35. The highest BCUT2D eigenvalue weighted by atomic mass is 16.6. The van der Waals surface area contributed by atoms with Gasteiger partial charge < -0.3 is 24.4 Å². The van der Waals surface area contributed by atoms with Gasteiger partial charge in [-0.15, -0.1) is 0 Å². The highest BCUT2D eigenvalue weighted by Crippen LogP contribution is 2.26. The van der Waals surface area contributed by atoms with Gasteiger partial charge in [-0.3, -0.25) is 9.69 Å². The molecule has 4 amide bonds. The quantitative estimate of drug-likeness (QED) is 0.293. The molecular formula is C34H47N3O6. The van der Waals surface area contributed by atoms with Crippen molar-refractivity contribution in [3.05, 3.63) is 72.3 Å². The summed E-state index contributed by atoms with van der Waals surface area (Å²) in [4.78, 5) is 42.3. The summed E-state index contributed by atoms with van der Waals surface area (Å²) in [6.45, 7) is 12.3. The maximum Gasteiger partial charge on any atom is 0.407 e. The van der Waals surface area contributed by atoms with Crippen LogP contribution in [-0.4, -0.2) is 71.8 Å². The van der Waals surface area contributed by atoms with Gasteiger partial charge in [-0.1, -0.05) is 63.2 Å². The predicted octanol–water partition coefficient (Wildman–Crippen LogP) is 6.23. The molecule has 2 atom stereocenters. The summed E-state index contributed by atoms with van der Waals surface area (Å²) in [7, 11) is 0. The predicted molar refractivity (Wildman–Crippen MR) is 167 cm³/mol. The molecule has 9 heteroatoms. The molecular weight excluding hydrogens is 546 g/mol.